The molecule has 18 nitrogen and oxygen atoms in total. The summed E-state index contributed by atoms with van der Waals surface area (Å²) in [6.07, 6.45) is -15.4. The number of ether oxygens (including phenoxy) is 2. The molecule has 2 saturated heterocycles. The number of aromatic nitrogens is 4. The Labute approximate surface area is 245 Å². The van der Waals surface area contributed by atoms with Gasteiger partial charge in [0.25, 0.3) is 0 Å². The number of aliphatic hydroxyl groups excluding tert-OH is 5. The fraction of sp³-hybridized carbons (Fsp3) is 0.600. The molecular formula is C20H27F2N5O13P2S. The minimum Gasteiger partial charge on any atom is -0.393 e. The molecule has 2 aliphatic heterocycles. The number of aliphatic hydroxyl groups is 5. The predicted octanol–water partition coefficient (Wildman–Crippen LogP) is -1.78. The van der Waals surface area contributed by atoms with Crippen molar-refractivity contribution in [3.8, 4) is 0 Å². The lowest BCUT2D eigenvalue weighted by atomic mass is 9.96. The van der Waals surface area contributed by atoms with Gasteiger partial charge >= 0.3 is 14.5 Å². The summed E-state index contributed by atoms with van der Waals surface area (Å²) < 4.78 is 68.2. The van der Waals surface area contributed by atoms with Crippen LogP contribution in [-0.4, -0.2) is 123 Å². The fourth-order valence-corrected chi connectivity index (χ4v) is 7.47. The third-order valence-electron chi connectivity index (χ3n) is 6.43. The van der Waals surface area contributed by atoms with E-state index in [0.29, 0.717) is 0 Å². The number of fused-ring (bicyclic) bond motifs is 1. The zero-order valence-corrected chi connectivity index (χ0v) is 24.2. The van der Waals surface area contributed by atoms with Crippen LogP contribution < -0.4 is 5.73 Å². The number of hydrogen-bond acceptors (Lipinski definition) is 16. The standard InChI is InChI=1S/C20H27F2N5O13P2S/c1-2-3-20(22)15(32)9(37-19(20)27-7-26-10-16(23)24-6-25-17(10)27)5-36-42(35,43)40-41(33,34)39-18-13(31)11(29)12(30)14(38-18)8(21)4-28/h3,6-9,11-15,18-19,28-32H,1,4-5H2,(H,33,34)(H,35,43)(H2,23,24,25)/t8-,9+,11?,12?,13?,14?,15+,18?,19+,20+,42?/m0/s1. The predicted molar refractivity (Wildman–Crippen MR) is 140 cm³/mol. The molecule has 0 aliphatic carbocycles. The van der Waals surface area contributed by atoms with Crippen LogP contribution in [0.25, 0.3) is 11.2 Å². The molecule has 7 unspecified atom stereocenters. The van der Waals surface area contributed by atoms with Gasteiger partial charge in [0.05, 0.1) is 19.5 Å². The average Bonchev–Trinajstić information content (AvgIpc) is 3.46. The number of alkyl halides is 2. The van der Waals surface area contributed by atoms with E-state index in [-0.39, 0.29) is 17.0 Å². The van der Waals surface area contributed by atoms with Gasteiger partial charge in [0.2, 0.25) is 5.67 Å². The number of halogens is 2. The number of imidazole rings is 1. The van der Waals surface area contributed by atoms with E-state index in [1.165, 1.54) is 0 Å². The van der Waals surface area contributed by atoms with Gasteiger partial charge in [0.15, 0.2) is 30.2 Å². The molecule has 240 valence electrons. The van der Waals surface area contributed by atoms with Crippen LogP contribution in [0, 0.1) is 0 Å². The number of nitrogens with two attached hydrogens (primary N) is 1. The minimum atomic E-state index is -5.56. The summed E-state index contributed by atoms with van der Waals surface area (Å²) in [6.45, 7) is -3.62. The maximum Gasteiger partial charge on any atom is 0.481 e. The van der Waals surface area contributed by atoms with E-state index in [4.69, 9.17) is 36.6 Å². The zero-order chi connectivity index (χ0) is 31.9. The summed E-state index contributed by atoms with van der Waals surface area (Å²) in [6, 6.07) is 0. The van der Waals surface area contributed by atoms with Gasteiger partial charge < -0.3 is 55.1 Å². The Kier molecular flexibility index (Phi) is 10.2. The van der Waals surface area contributed by atoms with E-state index >= 15 is 4.39 Å². The van der Waals surface area contributed by atoms with E-state index in [1.807, 2.05) is 0 Å². The topological polar surface area (TPSA) is 274 Å². The van der Waals surface area contributed by atoms with Crippen LogP contribution in [-0.2, 0) is 39.2 Å². The second-order valence-electron chi connectivity index (χ2n) is 9.29. The van der Waals surface area contributed by atoms with Crippen LogP contribution in [0.5, 0.6) is 0 Å². The molecule has 2 aromatic rings. The Morgan fingerprint density at radius 2 is 1.93 bits per heavy atom. The fourth-order valence-electron chi connectivity index (χ4n) is 4.37. The molecule has 2 fully saturated rings. The molecule has 4 heterocycles. The lowest BCUT2D eigenvalue weighted by molar-refractivity contribution is -0.287. The first kappa shape index (κ1) is 34.0. The van der Waals surface area contributed by atoms with Gasteiger partial charge in [-0.05, 0) is 11.8 Å². The summed E-state index contributed by atoms with van der Waals surface area (Å²) in [4.78, 5) is 32.3. The Morgan fingerprint density at radius 3 is 2.58 bits per heavy atom. The van der Waals surface area contributed by atoms with E-state index in [0.717, 1.165) is 23.3 Å². The highest BCUT2D eigenvalue weighted by Crippen LogP contribution is 2.62. The number of hydrogen-bond donors (Lipinski definition) is 8. The van der Waals surface area contributed by atoms with Gasteiger partial charge in [-0.1, -0.05) is 6.58 Å². The van der Waals surface area contributed by atoms with Crippen molar-refractivity contribution in [2.45, 2.75) is 61.0 Å². The molecule has 23 heteroatoms. The molecule has 12 atom stereocenters. The molecule has 0 spiro atoms. The van der Waals surface area contributed by atoms with Gasteiger partial charge in [-0.3, -0.25) is 9.09 Å². The molecule has 9 N–H and O–H groups in total. The Morgan fingerprint density at radius 1 is 1.23 bits per heavy atom. The highest BCUT2D eigenvalue weighted by atomic mass is 32.5. The van der Waals surface area contributed by atoms with Crippen molar-refractivity contribution in [1.82, 2.24) is 19.5 Å². The van der Waals surface area contributed by atoms with Gasteiger partial charge in [-0.25, -0.2) is 32.6 Å². The molecular weight excluding hydrogens is 650 g/mol. The molecule has 43 heavy (non-hydrogen) atoms. The second kappa shape index (κ2) is 12.9. The average molecular weight is 677 g/mol. The summed E-state index contributed by atoms with van der Waals surface area (Å²) in [5, 5.41) is 49.6. The van der Waals surface area contributed by atoms with Crippen LogP contribution in [0.1, 0.15) is 6.23 Å². The number of phosphoric acid groups is 1. The zero-order valence-electron chi connectivity index (χ0n) is 21.6. The summed E-state index contributed by atoms with van der Waals surface area (Å²) in [5.41, 5.74) is 5.38. The molecule has 0 amide bonds. The largest absolute Gasteiger partial charge is 0.481 e. The Balaban J connectivity index is 1.46. The highest BCUT2D eigenvalue weighted by Gasteiger charge is 2.58. The van der Waals surface area contributed by atoms with E-state index in [9.17, 15) is 39.2 Å². The molecule has 2 aliphatic rings. The van der Waals surface area contributed by atoms with Crippen LogP contribution >= 0.6 is 14.5 Å². The first-order valence-electron chi connectivity index (χ1n) is 12.0. The van der Waals surface area contributed by atoms with Crippen LogP contribution in [0.2, 0.25) is 0 Å². The smallest absolute Gasteiger partial charge is 0.393 e. The number of nitrogen functional groups attached to an aromatic ring is 1. The first-order chi connectivity index (χ1) is 20.0. The lowest BCUT2D eigenvalue weighted by Crippen LogP contribution is -2.60. The molecule has 0 saturated carbocycles. The van der Waals surface area contributed by atoms with Gasteiger partial charge in [0, 0.05) is 6.08 Å². The number of rotatable bonds is 11. The maximum atomic E-state index is 16.1. The SMILES string of the molecule is C=C=C[C@@]1(F)[C@H](O)[C@@H](COP(O)(=S)OP(=O)(O)OC2OC([C@@H](F)CO)C(O)C(O)C2O)O[C@H]1n1cnc2c(N)ncnc21. The lowest BCUT2D eigenvalue weighted by Gasteiger charge is -2.41. The normalized spacial score (nSPS) is 36.5. The minimum absolute atomic E-state index is 0.0232. The summed E-state index contributed by atoms with van der Waals surface area (Å²) >= 11 is 4.70. The Hall–Kier alpha value is -1.87. The van der Waals surface area contributed by atoms with Crippen molar-refractivity contribution in [1.29, 1.82) is 0 Å². The van der Waals surface area contributed by atoms with Crippen molar-refractivity contribution < 1.29 is 71.5 Å². The van der Waals surface area contributed by atoms with Crippen molar-refractivity contribution in [3.05, 3.63) is 31.0 Å². The molecule has 0 aromatic carbocycles. The quantitative estimate of drug-likeness (QED) is 0.0964. The van der Waals surface area contributed by atoms with E-state index in [1.54, 1.807) is 0 Å². The molecule has 0 bridgehead atoms. The van der Waals surface area contributed by atoms with Gasteiger partial charge in [-0.2, -0.15) is 0 Å². The number of phosphoric ester groups is 1. The molecule has 0 radical (unpaired) electrons. The maximum absolute atomic E-state index is 16.1. The van der Waals surface area contributed by atoms with Crippen molar-refractivity contribution in [2.75, 3.05) is 18.9 Å². The monoisotopic (exact) mass is 677 g/mol. The van der Waals surface area contributed by atoms with Gasteiger partial charge in [0.1, 0.15) is 48.5 Å². The van der Waals surface area contributed by atoms with Crippen LogP contribution in [0.15, 0.2) is 31.0 Å². The third kappa shape index (κ3) is 6.87. The van der Waals surface area contributed by atoms with Gasteiger partial charge in [-0.15, -0.1) is 5.73 Å². The first-order valence-corrected chi connectivity index (χ1v) is 16.1. The highest BCUT2D eigenvalue weighted by molar-refractivity contribution is 8.08. The Bertz CT molecular complexity index is 1470. The van der Waals surface area contributed by atoms with E-state index < -0.39 is 88.7 Å². The van der Waals surface area contributed by atoms with Crippen molar-refractivity contribution >= 4 is 43.3 Å². The van der Waals surface area contributed by atoms with Crippen molar-refractivity contribution in [3.63, 3.8) is 0 Å². The van der Waals surface area contributed by atoms with Crippen molar-refractivity contribution in [2.24, 2.45) is 0 Å². The molecule has 2 aromatic heterocycles. The molecule has 4 rings (SSSR count). The number of anilines is 1. The summed E-state index contributed by atoms with van der Waals surface area (Å²) in [5.74, 6) is -0.0232. The second-order valence-corrected chi connectivity index (χ2v) is 13.7. The third-order valence-corrected chi connectivity index (χ3v) is 9.95. The summed E-state index contributed by atoms with van der Waals surface area (Å²) in [7, 11) is -5.56. The number of nitrogens with zero attached hydrogens (tertiary/aromatic N) is 4. The van der Waals surface area contributed by atoms with Crippen LogP contribution in [0.4, 0.5) is 14.6 Å². The van der Waals surface area contributed by atoms with Crippen LogP contribution in [0.3, 0.4) is 0 Å². The van der Waals surface area contributed by atoms with E-state index in [2.05, 4.69) is 36.1 Å².